The molecule has 4 rings (SSSR count). The summed E-state index contributed by atoms with van der Waals surface area (Å²) in [6.07, 6.45) is 1.77. The predicted molar refractivity (Wildman–Crippen MR) is 139 cm³/mol. The van der Waals surface area contributed by atoms with Gasteiger partial charge in [0.2, 0.25) is 5.91 Å². The van der Waals surface area contributed by atoms with Crippen molar-refractivity contribution in [1.29, 1.82) is 0 Å². The van der Waals surface area contributed by atoms with E-state index in [0.29, 0.717) is 11.8 Å². The summed E-state index contributed by atoms with van der Waals surface area (Å²) in [6.45, 7) is 10.5. The molecule has 0 bridgehead atoms. The van der Waals surface area contributed by atoms with Gasteiger partial charge < -0.3 is 19.9 Å². The monoisotopic (exact) mass is 477 g/mol. The highest BCUT2D eigenvalue weighted by molar-refractivity contribution is 7.99. The Labute approximate surface area is 205 Å². The number of benzene rings is 2. The normalized spacial score (nSPS) is 13.6. The van der Waals surface area contributed by atoms with Gasteiger partial charge in [-0.25, -0.2) is 9.97 Å². The maximum absolute atomic E-state index is 12.4. The molecule has 178 valence electrons. The van der Waals surface area contributed by atoms with Gasteiger partial charge in [-0.05, 0) is 68.3 Å². The van der Waals surface area contributed by atoms with Crippen LogP contribution in [0.5, 0.6) is 5.75 Å². The minimum absolute atomic E-state index is 0.0923. The molecule has 0 saturated carbocycles. The molecule has 3 aromatic rings. The summed E-state index contributed by atoms with van der Waals surface area (Å²) in [7, 11) is 0. The molecule has 0 radical (unpaired) electrons. The number of anilines is 3. The lowest BCUT2D eigenvalue weighted by Crippen LogP contribution is -2.47. The van der Waals surface area contributed by atoms with E-state index >= 15 is 0 Å². The lowest BCUT2D eigenvalue weighted by Gasteiger charge is -2.37. The third-order valence-electron chi connectivity index (χ3n) is 5.71. The number of carbonyl (C=O) groups is 1. The molecule has 7 nitrogen and oxygen atoms in total. The van der Waals surface area contributed by atoms with Crippen LogP contribution in [0.4, 0.5) is 17.2 Å². The van der Waals surface area contributed by atoms with Gasteiger partial charge in [-0.1, -0.05) is 23.9 Å². The second-order valence-electron chi connectivity index (χ2n) is 8.26. The number of hydrogen-bond donors (Lipinski definition) is 1. The van der Waals surface area contributed by atoms with Crippen molar-refractivity contribution in [3.63, 3.8) is 0 Å². The van der Waals surface area contributed by atoms with Crippen molar-refractivity contribution in [2.45, 2.75) is 25.9 Å². The van der Waals surface area contributed by atoms with E-state index in [-0.39, 0.29) is 11.7 Å². The van der Waals surface area contributed by atoms with Crippen LogP contribution < -0.4 is 19.9 Å². The number of aryl methyl sites for hydroxylation is 2. The second-order valence-corrected chi connectivity index (χ2v) is 9.20. The number of amides is 1. The SMILES string of the molecule is CCOc1ccc(NC(=O)CSc2nccc(N3CCN(c4cc(C)ccc4C)CC3)n2)cc1. The average Bonchev–Trinajstić information content (AvgIpc) is 2.86. The van der Waals surface area contributed by atoms with Crippen molar-refractivity contribution in [1.82, 2.24) is 9.97 Å². The van der Waals surface area contributed by atoms with E-state index in [1.54, 1.807) is 6.20 Å². The fourth-order valence-electron chi connectivity index (χ4n) is 3.94. The Morgan fingerprint density at radius 2 is 1.76 bits per heavy atom. The molecule has 1 aliphatic heterocycles. The largest absolute Gasteiger partial charge is 0.494 e. The van der Waals surface area contributed by atoms with Crippen molar-refractivity contribution < 1.29 is 9.53 Å². The van der Waals surface area contributed by atoms with Crippen LogP contribution in [0.25, 0.3) is 0 Å². The molecule has 1 aliphatic rings. The summed E-state index contributed by atoms with van der Waals surface area (Å²) >= 11 is 1.34. The molecule has 0 atom stereocenters. The van der Waals surface area contributed by atoms with Crippen molar-refractivity contribution in [2.75, 3.05) is 53.7 Å². The zero-order valence-corrected chi connectivity index (χ0v) is 20.8. The van der Waals surface area contributed by atoms with Crippen LogP contribution in [0.1, 0.15) is 18.1 Å². The molecule has 1 aromatic heterocycles. The van der Waals surface area contributed by atoms with E-state index in [2.05, 4.69) is 52.1 Å². The number of carbonyl (C=O) groups excluding carboxylic acids is 1. The van der Waals surface area contributed by atoms with Crippen LogP contribution >= 0.6 is 11.8 Å². The van der Waals surface area contributed by atoms with Gasteiger partial charge in [-0.15, -0.1) is 0 Å². The maximum atomic E-state index is 12.4. The number of aromatic nitrogens is 2. The highest BCUT2D eigenvalue weighted by Crippen LogP contribution is 2.25. The third kappa shape index (κ3) is 6.20. The summed E-state index contributed by atoms with van der Waals surface area (Å²) in [5.41, 5.74) is 4.65. The van der Waals surface area contributed by atoms with E-state index < -0.39 is 0 Å². The van der Waals surface area contributed by atoms with Crippen LogP contribution in [-0.4, -0.2) is 54.4 Å². The second kappa shape index (κ2) is 11.2. The molecule has 2 heterocycles. The maximum Gasteiger partial charge on any atom is 0.234 e. The van der Waals surface area contributed by atoms with Gasteiger partial charge >= 0.3 is 0 Å². The quantitative estimate of drug-likeness (QED) is 0.377. The molecular weight excluding hydrogens is 446 g/mol. The van der Waals surface area contributed by atoms with E-state index in [1.807, 2.05) is 37.3 Å². The summed E-state index contributed by atoms with van der Waals surface area (Å²) in [6, 6.07) is 15.9. The zero-order chi connectivity index (χ0) is 23.9. The zero-order valence-electron chi connectivity index (χ0n) is 20.0. The van der Waals surface area contributed by atoms with E-state index in [0.717, 1.165) is 43.4 Å². The molecule has 1 N–H and O–H groups in total. The number of nitrogens with one attached hydrogen (secondary N) is 1. The van der Waals surface area contributed by atoms with Gasteiger partial charge in [0.1, 0.15) is 11.6 Å². The van der Waals surface area contributed by atoms with Gasteiger partial charge in [0, 0.05) is 43.8 Å². The van der Waals surface area contributed by atoms with Crippen LogP contribution in [0, 0.1) is 13.8 Å². The first kappa shape index (κ1) is 23.9. The fraction of sp³-hybridized carbons (Fsp3) is 0.346. The molecule has 8 heteroatoms. The number of rotatable bonds is 8. The van der Waals surface area contributed by atoms with Crippen molar-refractivity contribution >= 4 is 34.9 Å². The molecule has 1 fully saturated rings. The van der Waals surface area contributed by atoms with Crippen molar-refractivity contribution in [2.24, 2.45) is 0 Å². The molecule has 34 heavy (non-hydrogen) atoms. The lowest BCUT2D eigenvalue weighted by molar-refractivity contribution is -0.113. The molecule has 0 spiro atoms. The minimum Gasteiger partial charge on any atom is -0.494 e. The average molecular weight is 478 g/mol. The van der Waals surface area contributed by atoms with Crippen molar-refractivity contribution in [3.8, 4) is 5.75 Å². The van der Waals surface area contributed by atoms with Crippen molar-refractivity contribution in [3.05, 3.63) is 65.9 Å². The molecule has 0 unspecified atom stereocenters. The number of hydrogen-bond acceptors (Lipinski definition) is 7. The topological polar surface area (TPSA) is 70.6 Å². The van der Waals surface area contributed by atoms with Crippen LogP contribution in [-0.2, 0) is 4.79 Å². The highest BCUT2D eigenvalue weighted by Gasteiger charge is 2.20. The Kier molecular flexibility index (Phi) is 7.90. The Balaban J connectivity index is 1.29. The Bertz CT molecular complexity index is 1110. The van der Waals surface area contributed by atoms with Crippen LogP contribution in [0.3, 0.4) is 0 Å². The smallest absolute Gasteiger partial charge is 0.234 e. The molecule has 1 saturated heterocycles. The summed E-state index contributed by atoms with van der Waals surface area (Å²) in [4.78, 5) is 26.1. The predicted octanol–water partition coefficient (Wildman–Crippen LogP) is 4.55. The highest BCUT2D eigenvalue weighted by atomic mass is 32.2. The number of nitrogens with zero attached hydrogens (tertiary/aromatic N) is 4. The van der Waals surface area contributed by atoms with E-state index in [4.69, 9.17) is 9.72 Å². The van der Waals surface area contributed by atoms with Crippen LogP contribution in [0.15, 0.2) is 59.9 Å². The van der Waals surface area contributed by atoms with Gasteiger partial charge in [-0.2, -0.15) is 0 Å². The standard InChI is InChI=1S/C26H31N5O2S/c1-4-33-22-9-7-21(8-10-22)28-25(32)18-34-26-27-12-11-24(29-26)31-15-13-30(14-16-31)23-17-19(2)5-6-20(23)3/h5-12,17H,4,13-16,18H2,1-3H3,(H,28,32). The van der Waals surface area contributed by atoms with Gasteiger partial charge in [-0.3, -0.25) is 4.79 Å². The molecular formula is C26H31N5O2S. The first-order valence-corrected chi connectivity index (χ1v) is 12.6. The Hall–Kier alpha value is -3.26. The van der Waals surface area contributed by atoms with Gasteiger partial charge in [0.05, 0.1) is 12.4 Å². The van der Waals surface area contributed by atoms with Gasteiger partial charge in [0.15, 0.2) is 5.16 Å². The third-order valence-corrected chi connectivity index (χ3v) is 6.57. The molecule has 2 aromatic carbocycles. The first-order valence-electron chi connectivity index (χ1n) is 11.6. The van der Waals surface area contributed by atoms with E-state index in [1.165, 1.54) is 28.6 Å². The minimum atomic E-state index is -0.0923. The lowest BCUT2D eigenvalue weighted by atomic mass is 10.1. The summed E-state index contributed by atoms with van der Waals surface area (Å²) in [5, 5.41) is 3.51. The Morgan fingerprint density at radius 1 is 1.03 bits per heavy atom. The first-order chi connectivity index (χ1) is 16.5. The Morgan fingerprint density at radius 3 is 2.50 bits per heavy atom. The number of thioether (sulfide) groups is 1. The molecule has 0 aliphatic carbocycles. The van der Waals surface area contributed by atoms with Gasteiger partial charge in [0.25, 0.3) is 0 Å². The number of piperazine rings is 1. The van der Waals surface area contributed by atoms with E-state index in [9.17, 15) is 4.79 Å². The fourth-order valence-corrected chi connectivity index (χ4v) is 4.57. The summed E-state index contributed by atoms with van der Waals surface area (Å²) in [5.74, 6) is 1.85. The summed E-state index contributed by atoms with van der Waals surface area (Å²) < 4.78 is 5.43. The number of ether oxygens (including phenoxy) is 1. The van der Waals surface area contributed by atoms with Crippen LogP contribution in [0.2, 0.25) is 0 Å². The molecule has 1 amide bonds.